The molecular weight excluding hydrogens is 254 g/mol. The number of piperidine rings is 1. The number of rotatable bonds is 1. The molecule has 1 unspecified atom stereocenters. The van der Waals surface area contributed by atoms with Gasteiger partial charge in [-0.3, -0.25) is 13.9 Å². The van der Waals surface area contributed by atoms with Crippen LogP contribution in [0.15, 0.2) is 27.8 Å². The standard InChI is InChI=1S/C15H19N3O2/c1-10-5-3-7-12-13(10)14(19)18(15(20)17(12)2)11-6-4-8-16-9-11/h3,5,7,11,16H,4,6,8-9H2,1-2H3. The van der Waals surface area contributed by atoms with E-state index in [-0.39, 0.29) is 17.3 Å². The summed E-state index contributed by atoms with van der Waals surface area (Å²) in [5.74, 6) is 0. The molecule has 0 saturated carbocycles. The maximum absolute atomic E-state index is 12.7. The van der Waals surface area contributed by atoms with Crippen molar-refractivity contribution < 1.29 is 0 Å². The number of fused-ring (bicyclic) bond motifs is 1. The zero-order valence-corrected chi connectivity index (χ0v) is 11.8. The summed E-state index contributed by atoms with van der Waals surface area (Å²) < 4.78 is 3.01. The molecule has 1 aliphatic heterocycles. The van der Waals surface area contributed by atoms with E-state index >= 15 is 0 Å². The monoisotopic (exact) mass is 273 g/mol. The molecule has 5 heteroatoms. The van der Waals surface area contributed by atoms with Gasteiger partial charge >= 0.3 is 5.69 Å². The van der Waals surface area contributed by atoms with Crippen molar-refractivity contribution in [3.8, 4) is 0 Å². The van der Waals surface area contributed by atoms with E-state index in [0.717, 1.165) is 24.9 Å². The van der Waals surface area contributed by atoms with Gasteiger partial charge in [-0.1, -0.05) is 12.1 Å². The lowest BCUT2D eigenvalue weighted by atomic mass is 10.1. The van der Waals surface area contributed by atoms with Crippen LogP contribution in [-0.4, -0.2) is 22.2 Å². The molecule has 1 aromatic carbocycles. The lowest BCUT2D eigenvalue weighted by Gasteiger charge is -2.25. The molecule has 2 aromatic rings. The molecule has 106 valence electrons. The Kier molecular flexibility index (Phi) is 3.22. The van der Waals surface area contributed by atoms with Crippen molar-refractivity contribution >= 4 is 10.9 Å². The van der Waals surface area contributed by atoms with Gasteiger partial charge in [0.25, 0.3) is 5.56 Å². The Hall–Kier alpha value is -1.88. The highest BCUT2D eigenvalue weighted by atomic mass is 16.2. The summed E-state index contributed by atoms with van der Waals surface area (Å²) in [7, 11) is 1.73. The van der Waals surface area contributed by atoms with Crippen molar-refractivity contribution in [2.45, 2.75) is 25.8 Å². The largest absolute Gasteiger partial charge is 0.331 e. The Morgan fingerprint density at radius 3 is 2.80 bits per heavy atom. The molecule has 2 heterocycles. The predicted molar refractivity (Wildman–Crippen MR) is 79.3 cm³/mol. The summed E-state index contributed by atoms with van der Waals surface area (Å²) in [6, 6.07) is 5.58. The first-order valence-corrected chi connectivity index (χ1v) is 7.03. The van der Waals surface area contributed by atoms with Gasteiger partial charge in [0.15, 0.2) is 0 Å². The van der Waals surface area contributed by atoms with Crippen LogP contribution < -0.4 is 16.6 Å². The van der Waals surface area contributed by atoms with Crippen LogP contribution >= 0.6 is 0 Å². The summed E-state index contributed by atoms with van der Waals surface area (Å²) >= 11 is 0. The molecule has 0 radical (unpaired) electrons. The third kappa shape index (κ3) is 1.89. The van der Waals surface area contributed by atoms with E-state index < -0.39 is 0 Å². The molecule has 5 nitrogen and oxygen atoms in total. The van der Waals surface area contributed by atoms with E-state index in [4.69, 9.17) is 0 Å². The van der Waals surface area contributed by atoms with Gasteiger partial charge < -0.3 is 5.32 Å². The van der Waals surface area contributed by atoms with Gasteiger partial charge in [-0.2, -0.15) is 0 Å². The van der Waals surface area contributed by atoms with E-state index in [1.54, 1.807) is 11.6 Å². The number of hydrogen-bond acceptors (Lipinski definition) is 3. The quantitative estimate of drug-likeness (QED) is 0.841. The summed E-state index contributed by atoms with van der Waals surface area (Å²) in [5, 5.41) is 3.91. The second kappa shape index (κ2) is 4.90. The molecule has 1 aromatic heterocycles. The van der Waals surface area contributed by atoms with Crippen molar-refractivity contribution in [3.05, 3.63) is 44.6 Å². The summed E-state index contributed by atoms with van der Waals surface area (Å²) in [6.45, 7) is 3.56. The minimum atomic E-state index is -0.221. The number of benzene rings is 1. The van der Waals surface area contributed by atoms with Crippen LogP contribution in [0, 0.1) is 6.92 Å². The Labute approximate surface area is 116 Å². The molecular formula is C15H19N3O2. The van der Waals surface area contributed by atoms with E-state index in [2.05, 4.69) is 5.32 Å². The van der Waals surface area contributed by atoms with E-state index in [9.17, 15) is 9.59 Å². The third-order valence-electron chi connectivity index (χ3n) is 4.17. The average molecular weight is 273 g/mol. The second-order valence-electron chi connectivity index (χ2n) is 5.49. The fourth-order valence-electron chi connectivity index (χ4n) is 3.06. The van der Waals surface area contributed by atoms with Crippen LogP contribution in [0.2, 0.25) is 0 Å². The summed E-state index contributed by atoms with van der Waals surface area (Å²) in [6.07, 6.45) is 1.87. The highest BCUT2D eigenvalue weighted by molar-refractivity contribution is 5.81. The maximum Gasteiger partial charge on any atom is 0.331 e. The zero-order valence-electron chi connectivity index (χ0n) is 11.8. The summed E-state index contributed by atoms with van der Waals surface area (Å²) in [4.78, 5) is 25.3. The molecule has 0 aliphatic carbocycles. The zero-order chi connectivity index (χ0) is 14.3. The number of hydrogen-bond donors (Lipinski definition) is 1. The number of aryl methyl sites for hydroxylation is 2. The van der Waals surface area contributed by atoms with Crippen molar-refractivity contribution in [3.63, 3.8) is 0 Å². The van der Waals surface area contributed by atoms with Crippen molar-refractivity contribution in [1.82, 2.24) is 14.5 Å². The molecule has 20 heavy (non-hydrogen) atoms. The van der Waals surface area contributed by atoms with Crippen molar-refractivity contribution in [1.29, 1.82) is 0 Å². The molecule has 1 saturated heterocycles. The first-order chi connectivity index (χ1) is 9.61. The lowest BCUT2D eigenvalue weighted by Crippen LogP contribution is -2.46. The Morgan fingerprint density at radius 1 is 1.30 bits per heavy atom. The maximum atomic E-state index is 12.7. The Bertz CT molecular complexity index is 767. The minimum absolute atomic E-state index is 0.0426. The van der Waals surface area contributed by atoms with E-state index in [1.807, 2.05) is 25.1 Å². The van der Waals surface area contributed by atoms with Gasteiger partial charge in [0.2, 0.25) is 0 Å². The molecule has 0 amide bonds. The Morgan fingerprint density at radius 2 is 2.10 bits per heavy atom. The Balaban J connectivity index is 2.35. The average Bonchev–Trinajstić information content (AvgIpc) is 2.46. The molecule has 1 aliphatic rings. The van der Waals surface area contributed by atoms with Crippen LogP contribution in [0.1, 0.15) is 24.4 Å². The molecule has 0 bridgehead atoms. The van der Waals surface area contributed by atoms with Gasteiger partial charge in [0.1, 0.15) is 0 Å². The highest BCUT2D eigenvalue weighted by Crippen LogP contribution is 2.16. The number of aromatic nitrogens is 2. The lowest BCUT2D eigenvalue weighted by molar-refractivity contribution is 0.351. The molecule has 1 N–H and O–H groups in total. The highest BCUT2D eigenvalue weighted by Gasteiger charge is 2.21. The van der Waals surface area contributed by atoms with E-state index in [1.165, 1.54) is 4.57 Å². The van der Waals surface area contributed by atoms with Gasteiger partial charge in [0.05, 0.1) is 16.9 Å². The molecule has 1 fully saturated rings. The number of nitrogens with one attached hydrogen (secondary N) is 1. The van der Waals surface area contributed by atoms with Crippen LogP contribution in [0.3, 0.4) is 0 Å². The molecule has 0 spiro atoms. The van der Waals surface area contributed by atoms with Crippen molar-refractivity contribution in [2.75, 3.05) is 13.1 Å². The van der Waals surface area contributed by atoms with Crippen LogP contribution in [-0.2, 0) is 7.05 Å². The predicted octanol–water partition coefficient (Wildman–Crippen LogP) is 0.933. The van der Waals surface area contributed by atoms with Gasteiger partial charge in [-0.25, -0.2) is 4.79 Å². The molecule has 3 rings (SSSR count). The first kappa shape index (κ1) is 13.1. The second-order valence-corrected chi connectivity index (χ2v) is 5.49. The van der Waals surface area contributed by atoms with Gasteiger partial charge in [0, 0.05) is 13.6 Å². The normalized spacial score (nSPS) is 19.4. The van der Waals surface area contributed by atoms with Crippen LogP contribution in [0.4, 0.5) is 0 Å². The third-order valence-corrected chi connectivity index (χ3v) is 4.17. The SMILES string of the molecule is Cc1cccc2c1c(=O)n(C1CCCNC1)c(=O)n2C. The topological polar surface area (TPSA) is 56.0 Å². The van der Waals surface area contributed by atoms with Crippen molar-refractivity contribution in [2.24, 2.45) is 7.05 Å². The van der Waals surface area contributed by atoms with Gasteiger partial charge in [-0.05, 0) is 37.9 Å². The first-order valence-electron chi connectivity index (χ1n) is 7.03. The van der Waals surface area contributed by atoms with E-state index in [0.29, 0.717) is 17.4 Å². The molecule has 1 atom stereocenters. The van der Waals surface area contributed by atoms with Crippen LogP contribution in [0.5, 0.6) is 0 Å². The fraction of sp³-hybridized carbons (Fsp3) is 0.467. The minimum Gasteiger partial charge on any atom is -0.315 e. The smallest absolute Gasteiger partial charge is 0.315 e. The summed E-state index contributed by atoms with van der Waals surface area (Å²) in [5.41, 5.74) is 1.25. The number of nitrogens with zero attached hydrogens (tertiary/aromatic N) is 2. The van der Waals surface area contributed by atoms with Crippen LogP contribution in [0.25, 0.3) is 10.9 Å². The fourth-order valence-corrected chi connectivity index (χ4v) is 3.06. The van der Waals surface area contributed by atoms with Gasteiger partial charge in [-0.15, -0.1) is 0 Å².